The van der Waals surface area contributed by atoms with Crippen molar-refractivity contribution in [2.45, 2.75) is 6.17 Å². The number of halogens is 1. The largest absolute Gasteiger partial charge is 0.357 e. The molecule has 2 nitrogen and oxygen atoms in total. The molecule has 1 aromatic rings. The number of rotatable bonds is 1. The predicted octanol–water partition coefficient (Wildman–Crippen LogP) is 1.32. The van der Waals surface area contributed by atoms with Crippen LogP contribution in [0.2, 0.25) is 0 Å². The SMILES string of the molecule is C#CC(F)c1ccno1. The highest BCUT2D eigenvalue weighted by atomic mass is 19.1. The maximum Gasteiger partial charge on any atom is 0.220 e. The Labute approximate surface area is 51.7 Å². The van der Waals surface area contributed by atoms with Gasteiger partial charge in [0.25, 0.3) is 0 Å². The predicted molar refractivity (Wildman–Crippen MR) is 29.2 cm³/mol. The third-order valence-electron chi connectivity index (χ3n) is 0.854. The zero-order valence-corrected chi connectivity index (χ0v) is 4.54. The summed E-state index contributed by atoms with van der Waals surface area (Å²) in [6, 6.07) is 1.39. The van der Waals surface area contributed by atoms with Crippen molar-refractivity contribution in [2.24, 2.45) is 0 Å². The van der Waals surface area contributed by atoms with E-state index < -0.39 is 6.17 Å². The summed E-state index contributed by atoms with van der Waals surface area (Å²) >= 11 is 0. The standard InChI is InChI=1S/C6H4FNO/c1-2-5(7)6-3-4-8-9-6/h1,3-5H. The van der Waals surface area contributed by atoms with Gasteiger partial charge in [-0.25, -0.2) is 4.39 Å². The Morgan fingerprint density at radius 2 is 2.67 bits per heavy atom. The quantitative estimate of drug-likeness (QED) is 0.529. The van der Waals surface area contributed by atoms with E-state index in [1.54, 1.807) is 0 Å². The maximum absolute atomic E-state index is 12.3. The number of hydrogen-bond acceptors (Lipinski definition) is 2. The molecule has 1 aromatic heterocycles. The molecule has 1 atom stereocenters. The molecular weight excluding hydrogens is 121 g/mol. The summed E-state index contributed by atoms with van der Waals surface area (Å²) in [7, 11) is 0. The van der Waals surface area contributed by atoms with Gasteiger partial charge in [-0.05, 0) is 0 Å². The summed E-state index contributed by atoms with van der Waals surface area (Å²) in [5.41, 5.74) is 0. The molecule has 1 unspecified atom stereocenters. The Bertz CT molecular complexity index is 211. The zero-order valence-electron chi connectivity index (χ0n) is 4.54. The van der Waals surface area contributed by atoms with Crippen molar-refractivity contribution in [3.8, 4) is 12.3 Å². The molecular formula is C6H4FNO. The molecule has 0 spiro atoms. The van der Waals surface area contributed by atoms with E-state index in [-0.39, 0.29) is 5.76 Å². The highest BCUT2D eigenvalue weighted by Gasteiger charge is 2.07. The van der Waals surface area contributed by atoms with Crippen LogP contribution in [-0.4, -0.2) is 5.16 Å². The molecule has 0 fully saturated rings. The Hall–Kier alpha value is -1.30. The molecule has 9 heavy (non-hydrogen) atoms. The summed E-state index contributed by atoms with van der Waals surface area (Å²) in [6.07, 6.45) is 4.63. The zero-order chi connectivity index (χ0) is 6.69. The number of aromatic nitrogens is 1. The van der Waals surface area contributed by atoms with E-state index in [1.165, 1.54) is 12.3 Å². The van der Waals surface area contributed by atoms with Crippen molar-refractivity contribution in [1.29, 1.82) is 0 Å². The third-order valence-corrected chi connectivity index (χ3v) is 0.854. The van der Waals surface area contributed by atoms with Crippen LogP contribution in [0.25, 0.3) is 0 Å². The van der Waals surface area contributed by atoms with E-state index in [0.29, 0.717) is 0 Å². The number of terminal acetylenes is 1. The van der Waals surface area contributed by atoms with E-state index in [4.69, 9.17) is 6.42 Å². The average Bonchev–Trinajstić information content (AvgIpc) is 2.37. The highest BCUT2D eigenvalue weighted by Crippen LogP contribution is 2.13. The molecule has 0 aliphatic heterocycles. The van der Waals surface area contributed by atoms with Gasteiger partial charge >= 0.3 is 0 Å². The van der Waals surface area contributed by atoms with Crippen molar-refractivity contribution in [2.75, 3.05) is 0 Å². The number of nitrogens with zero attached hydrogens (tertiary/aromatic N) is 1. The minimum absolute atomic E-state index is 0.0810. The van der Waals surface area contributed by atoms with E-state index in [1.807, 2.05) is 5.92 Å². The van der Waals surface area contributed by atoms with Gasteiger partial charge in [0.15, 0.2) is 5.76 Å². The topological polar surface area (TPSA) is 26.0 Å². The van der Waals surface area contributed by atoms with Gasteiger partial charge in [0.2, 0.25) is 6.17 Å². The second kappa shape index (κ2) is 2.31. The molecule has 46 valence electrons. The smallest absolute Gasteiger partial charge is 0.220 e. The van der Waals surface area contributed by atoms with Crippen LogP contribution in [0.4, 0.5) is 4.39 Å². The van der Waals surface area contributed by atoms with Gasteiger partial charge in [0.1, 0.15) is 0 Å². The van der Waals surface area contributed by atoms with Gasteiger partial charge in [-0.1, -0.05) is 11.1 Å². The lowest BCUT2D eigenvalue weighted by Crippen LogP contribution is -1.81. The van der Waals surface area contributed by atoms with Crippen LogP contribution in [-0.2, 0) is 0 Å². The van der Waals surface area contributed by atoms with Crippen LogP contribution < -0.4 is 0 Å². The van der Waals surface area contributed by atoms with Gasteiger partial charge in [-0.15, -0.1) is 6.42 Å². The fourth-order valence-electron chi connectivity index (χ4n) is 0.438. The van der Waals surface area contributed by atoms with Crippen molar-refractivity contribution in [1.82, 2.24) is 5.16 Å². The van der Waals surface area contributed by atoms with Crippen molar-refractivity contribution < 1.29 is 8.91 Å². The molecule has 1 heterocycles. The first-order valence-electron chi connectivity index (χ1n) is 2.35. The Balaban J connectivity index is 2.80. The molecule has 0 aliphatic carbocycles. The monoisotopic (exact) mass is 125 g/mol. The number of hydrogen-bond donors (Lipinski definition) is 0. The third kappa shape index (κ3) is 1.08. The minimum atomic E-state index is -1.47. The molecule has 0 N–H and O–H groups in total. The first kappa shape index (κ1) is 5.83. The lowest BCUT2D eigenvalue weighted by atomic mass is 10.3. The molecule has 0 radical (unpaired) electrons. The molecule has 3 heteroatoms. The Morgan fingerprint density at radius 3 is 3.11 bits per heavy atom. The minimum Gasteiger partial charge on any atom is -0.357 e. The summed E-state index contributed by atoms with van der Waals surface area (Å²) in [5.74, 6) is 1.95. The second-order valence-corrected chi connectivity index (χ2v) is 1.44. The fourth-order valence-corrected chi connectivity index (χ4v) is 0.438. The van der Waals surface area contributed by atoms with Gasteiger partial charge in [0.05, 0.1) is 6.20 Å². The Kier molecular flexibility index (Phi) is 1.50. The average molecular weight is 125 g/mol. The molecule has 0 saturated carbocycles. The normalized spacial score (nSPS) is 12.4. The van der Waals surface area contributed by atoms with Crippen LogP contribution in [0.3, 0.4) is 0 Å². The van der Waals surface area contributed by atoms with Crippen LogP contribution in [0.5, 0.6) is 0 Å². The highest BCUT2D eigenvalue weighted by molar-refractivity contribution is 5.09. The van der Waals surface area contributed by atoms with E-state index in [0.717, 1.165) is 0 Å². The van der Waals surface area contributed by atoms with Crippen LogP contribution in [0, 0.1) is 12.3 Å². The fraction of sp³-hybridized carbons (Fsp3) is 0.167. The van der Waals surface area contributed by atoms with Crippen LogP contribution in [0.15, 0.2) is 16.8 Å². The van der Waals surface area contributed by atoms with E-state index in [2.05, 4.69) is 9.68 Å². The van der Waals surface area contributed by atoms with Crippen molar-refractivity contribution >= 4 is 0 Å². The molecule has 1 rings (SSSR count). The van der Waals surface area contributed by atoms with E-state index >= 15 is 0 Å². The van der Waals surface area contributed by atoms with Crippen molar-refractivity contribution in [3.05, 3.63) is 18.0 Å². The van der Waals surface area contributed by atoms with Gasteiger partial charge < -0.3 is 4.52 Å². The first-order chi connectivity index (χ1) is 4.34. The molecule has 0 aromatic carbocycles. The van der Waals surface area contributed by atoms with Crippen molar-refractivity contribution in [3.63, 3.8) is 0 Å². The Morgan fingerprint density at radius 1 is 1.89 bits per heavy atom. The van der Waals surface area contributed by atoms with Crippen LogP contribution >= 0.6 is 0 Å². The van der Waals surface area contributed by atoms with E-state index in [9.17, 15) is 4.39 Å². The maximum atomic E-state index is 12.3. The summed E-state index contributed by atoms with van der Waals surface area (Å²) in [4.78, 5) is 0. The molecule has 0 bridgehead atoms. The summed E-state index contributed by atoms with van der Waals surface area (Å²) in [5, 5.41) is 3.28. The second-order valence-electron chi connectivity index (χ2n) is 1.44. The van der Waals surface area contributed by atoms with Gasteiger partial charge in [-0.2, -0.15) is 0 Å². The first-order valence-corrected chi connectivity index (χ1v) is 2.35. The lowest BCUT2D eigenvalue weighted by molar-refractivity contribution is 0.303. The van der Waals surface area contributed by atoms with Gasteiger partial charge in [0, 0.05) is 6.07 Å². The summed E-state index contributed by atoms with van der Waals surface area (Å²) in [6.45, 7) is 0. The van der Waals surface area contributed by atoms with Gasteiger partial charge in [-0.3, -0.25) is 0 Å². The molecule has 0 saturated heterocycles. The van der Waals surface area contributed by atoms with Crippen LogP contribution in [0.1, 0.15) is 11.9 Å². The molecule has 0 aliphatic rings. The number of alkyl halides is 1. The molecule has 0 amide bonds. The summed E-state index contributed by atoms with van der Waals surface area (Å²) < 4.78 is 16.7. The lowest BCUT2D eigenvalue weighted by Gasteiger charge is -1.88.